The van der Waals surface area contributed by atoms with Gasteiger partial charge >= 0.3 is 0 Å². The molecule has 1 heterocycles. The Morgan fingerprint density at radius 2 is 2.00 bits per heavy atom. The van der Waals surface area contributed by atoms with Gasteiger partial charge in [0.15, 0.2) is 0 Å². The zero-order valence-corrected chi connectivity index (χ0v) is 12.3. The molecule has 0 fully saturated rings. The van der Waals surface area contributed by atoms with Crippen LogP contribution in [0.4, 0.5) is 5.69 Å². The minimum absolute atomic E-state index is 0.0252. The van der Waals surface area contributed by atoms with Crippen molar-refractivity contribution in [1.29, 1.82) is 0 Å². The molecule has 2 aromatic carbocycles. The maximum atomic E-state index is 12.1. The summed E-state index contributed by atoms with van der Waals surface area (Å²) in [6.45, 7) is 0. The molecule has 2 N–H and O–H groups in total. The minimum Gasteiger partial charge on any atom is -0.361 e. The summed E-state index contributed by atoms with van der Waals surface area (Å²) in [5.41, 5.74) is 2.83. The fraction of sp³-hybridized carbons (Fsp3) is 0.0625. The highest BCUT2D eigenvalue weighted by atomic mass is 79.9. The van der Waals surface area contributed by atoms with E-state index in [0.29, 0.717) is 6.42 Å². The first kappa shape index (κ1) is 12.9. The van der Waals surface area contributed by atoms with Crippen LogP contribution in [0, 0.1) is 0 Å². The maximum absolute atomic E-state index is 12.1. The SMILES string of the molecule is O=C(Cc1ccc2cc[nH]c2c1)Nc1ccccc1Br. The van der Waals surface area contributed by atoms with Crippen molar-refractivity contribution in [3.8, 4) is 0 Å². The van der Waals surface area contributed by atoms with Gasteiger partial charge in [-0.3, -0.25) is 4.79 Å². The first-order valence-corrected chi connectivity index (χ1v) is 7.12. The van der Waals surface area contributed by atoms with Crippen molar-refractivity contribution in [2.45, 2.75) is 6.42 Å². The van der Waals surface area contributed by atoms with Crippen LogP contribution >= 0.6 is 15.9 Å². The van der Waals surface area contributed by atoms with Crippen LogP contribution in [0.2, 0.25) is 0 Å². The molecule has 0 atom stereocenters. The van der Waals surface area contributed by atoms with E-state index in [4.69, 9.17) is 0 Å². The van der Waals surface area contributed by atoms with Crippen molar-refractivity contribution in [3.05, 3.63) is 64.8 Å². The predicted octanol–water partition coefficient (Wildman–Crippen LogP) is 4.11. The lowest BCUT2D eigenvalue weighted by Gasteiger charge is -2.07. The molecule has 4 heteroatoms. The number of amides is 1. The van der Waals surface area contributed by atoms with E-state index >= 15 is 0 Å². The molecule has 0 unspecified atom stereocenters. The highest BCUT2D eigenvalue weighted by Crippen LogP contribution is 2.21. The van der Waals surface area contributed by atoms with Gasteiger partial charge in [0.25, 0.3) is 0 Å². The second-order valence-electron chi connectivity index (χ2n) is 4.60. The Balaban J connectivity index is 1.74. The fourth-order valence-electron chi connectivity index (χ4n) is 2.15. The largest absolute Gasteiger partial charge is 0.361 e. The van der Waals surface area contributed by atoms with Crippen LogP contribution in [0.15, 0.2) is 59.2 Å². The Kier molecular flexibility index (Phi) is 3.56. The first-order valence-electron chi connectivity index (χ1n) is 6.33. The number of aromatic amines is 1. The van der Waals surface area contributed by atoms with Gasteiger partial charge in [0.2, 0.25) is 5.91 Å². The van der Waals surface area contributed by atoms with Crippen molar-refractivity contribution in [2.75, 3.05) is 5.32 Å². The number of aromatic nitrogens is 1. The number of hydrogen-bond acceptors (Lipinski definition) is 1. The van der Waals surface area contributed by atoms with Crippen LogP contribution in [-0.2, 0) is 11.2 Å². The number of anilines is 1. The van der Waals surface area contributed by atoms with E-state index in [9.17, 15) is 4.79 Å². The molecular formula is C16H13BrN2O. The molecule has 100 valence electrons. The van der Waals surface area contributed by atoms with Crippen molar-refractivity contribution < 1.29 is 4.79 Å². The van der Waals surface area contributed by atoms with E-state index < -0.39 is 0 Å². The number of H-pyrrole nitrogens is 1. The summed E-state index contributed by atoms with van der Waals surface area (Å²) in [4.78, 5) is 15.2. The third-order valence-corrected chi connectivity index (χ3v) is 3.82. The zero-order chi connectivity index (χ0) is 13.9. The molecule has 0 aliphatic carbocycles. The van der Waals surface area contributed by atoms with Gasteiger partial charge in [0.05, 0.1) is 12.1 Å². The van der Waals surface area contributed by atoms with Crippen molar-refractivity contribution >= 4 is 38.4 Å². The molecule has 1 amide bonds. The molecule has 0 radical (unpaired) electrons. The molecule has 20 heavy (non-hydrogen) atoms. The van der Waals surface area contributed by atoms with Crippen LogP contribution < -0.4 is 5.32 Å². The molecule has 0 bridgehead atoms. The third-order valence-electron chi connectivity index (χ3n) is 3.13. The van der Waals surface area contributed by atoms with Gasteiger partial charge in [-0.15, -0.1) is 0 Å². The van der Waals surface area contributed by atoms with E-state index in [-0.39, 0.29) is 5.91 Å². The molecule has 0 saturated carbocycles. The summed E-state index contributed by atoms with van der Waals surface area (Å²) in [5.74, 6) is -0.0252. The highest BCUT2D eigenvalue weighted by Gasteiger charge is 2.07. The zero-order valence-electron chi connectivity index (χ0n) is 10.7. The molecule has 0 aliphatic heterocycles. The van der Waals surface area contributed by atoms with Gasteiger partial charge in [-0.25, -0.2) is 0 Å². The van der Waals surface area contributed by atoms with Crippen molar-refractivity contribution in [1.82, 2.24) is 4.98 Å². The fourth-order valence-corrected chi connectivity index (χ4v) is 2.53. The van der Waals surface area contributed by atoms with E-state index in [1.807, 2.05) is 54.7 Å². The van der Waals surface area contributed by atoms with Gasteiger partial charge in [-0.2, -0.15) is 0 Å². The average Bonchev–Trinajstić information content (AvgIpc) is 2.89. The maximum Gasteiger partial charge on any atom is 0.228 e. The second kappa shape index (κ2) is 5.51. The number of halogens is 1. The van der Waals surface area contributed by atoms with Crippen molar-refractivity contribution in [3.63, 3.8) is 0 Å². The number of nitrogens with one attached hydrogen (secondary N) is 2. The number of carbonyl (C=O) groups excluding carboxylic acids is 1. The highest BCUT2D eigenvalue weighted by molar-refractivity contribution is 9.10. The number of fused-ring (bicyclic) bond motifs is 1. The van der Waals surface area contributed by atoms with Gasteiger partial charge in [0, 0.05) is 16.2 Å². The predicted molar refractivity (Wildman–Crippen MR) is 84.8 cm³/mol. The van der Waals surface area contributed by atoms with E-state index in [1.54, 1.807) is 0 Å². The molecule has 0 spiro atoms. The van der Waals surface area contributed by atoms with Gasteiger partial charge < -0.3 is 10.3 Å². The number of carbonyl (C=O) groups is 1. The summed E-state index contributed by atoms with van der Waals surface area (Å²) in [6, 6.07) is 15.6. The molecule has 0 saturated heterocycles. The quantitative estimate of drug-likeness (QED) is 0.746. The second-order valence-corrected chi connectivity index (χ2v) is 5.46. The van der Waals surface area contributed by atoms with Crippen LogP contribution in [0.5, 0.6) is 0 Å². The lowest BCUT2D eigenvalue weighted by Crippen LogP contribution is -2.14. The summed E-state index contributed by atoms with van der Waals surface area (Å²) in [6.07, 6.45) is 2.26. The molecule has 3 aromatic rings. The standard InChI is InChI=1S/C16H13BrN2O/c17-13-3-1-2-4-14(13)19-16(20)10-11-5-6-12-7-8-18-15(12)9-11/h1-9,18H,10H2,(H,19,20). The number of rotatable bonds is 3. The van der Waals surface area contributed by atoms with Crippen LogP contribution in [0.25, 0.3) is 10.9 Å². The van der Waals surface area contributed by atoms with Crippen LogP contribution in [-0.4, -0.2) is 10.9 Å². The summed E-state index contributed by atoms with van der Waals surface area (Å²) in [5, 5.41) is 4.06. The Labute approximate surface area is 125 Å². The Morgan fingerprint density at radius 1 is 1.15 bits per heavy atom. The molecule has 0 aliphatic rings. The van der Waals surface area contributed by atoms with Crippen LogP contribution in [0.1, 0.15) is 5.56 Å². The Hall–Kier alpha value is -2.07. The lowest BCUT2D eigenvalue weighted by atomic mass is 10.1. The number of para-hydroxylation sites is 1. The number of benzene rings is 2. The molecule has 1 aromatic heterocycles. The topological polar surface area (TPSA) is 44.9 Å². The molecule has 3 nitrogen and oxygen atoms in total. The van der Waals surface area contributed by atoms with Crippen LogP contribution in [0.3, 0.4) is 0 Å². The average molecular weight is 329 g/mol. The van der Waals surface area contributed by atoms with Crippen molar-refractivity contribution in [2.24, 2.45) is 0 Å². The van der Waals surface area contributed by atoms with E-state index in [2.05, 4.69) is 26.2 Å². The van der Waals surface area contributed by atoms with E-state index in [0.717, 1.165) is 26.6 Å². The molecular weight excluding hydrogens is 316 g/mol. The summed E-state index contributed by atoms with van der Waals surface area (Å²) < 4.78 is 0.883. The van der Waals surface area contributed by atoms with E-state index in [1.165, 1.54) is 0 Å². The smallest absolute Gasteiger partial charge is 0.228 e. The molecule has 3 rings (SSSR count). The third kappa shape index (κ3) is 2.75. The minimum atomic E-state index is -0.0252. The normalized spacial score (nSPS) is 10.7. The Morgan fingerprint density at radius 3 is 2.85 bits per heavy atom. The summed E-state index contributed by atoms with van der Waals surface area (Å²) >= 11 is 3.42. The van der Waals surface area contributed by atoms with Gasteiger partial charge in [-0.1, -0.05) is 24.3 Å². The monoisotopic (exact) mass is 328 g/mol. The summed E-state index contributed by atoms with van der Waals surface area (Å²) in [7, 11) is 0. The lowest BCUT2D eigenvalue weighted by molar-refractivity contribution is -0.115. The number of hydrogen-bond donors (Lipinski definition) is 2. The van der Waals surface area contributed by atoms with Gasteiger partial charge in [0.1, 0.15) is 0 Å². The first-order chi connectivity index (χ1) is 9.72. The Bertz CT molecular complexity index is 764. The van der Waals surface area contributed by atoms with Gasteiger partial charge in [-0.05, 0) is 51.1 Å².